The van der Waals surface area contributed by atoms with E-state index in [1.54, 1.807) is 0 Å². The van der Waals surface area contributed by atoms with Crippen molar-refractivity contribution in [2.24, 2.45) is 17.6 Å². The molecule has 0 bridgehead atoms. The van der Waals surface area contributed by atoms with Gasteiger partial charge in [0, 0.05) is 6.04 Å². The lowest BCUT2D eigenvalue weighted by molar-refractivity contribution is -0.123. The second-order valence-electron chi connectivity index (χ2n) is 5.93. The maximum Gasteiger partial charge on any atom is 0.237 e. The van der Waals surface area contributed by atoms with Gasteiger partial charge in [-0.15, -0.1) is 0 Å². The first-order valence-electron chi connectivity index (χ1n) is 7.06. The predicted octanol–water partition coefficient (Wildman–Crippen LogP) is 2.44. The fourth-order valence-electron chi connectivity index (χ4n) is 2.70. The first-order chi connectivity index (χ1) is 8.00. The van der Waals surface area contributed by atoms with Crippen LogP contribution in [0.5, 0.6) is 0 Å². The summed E-state index contributed by atoms with van der Waals surface area (Å²) in [6.07, 6.45) is 7.24. The number of rotatable bonds is 5. The molecule has 3 N–H and O–H groups in total. The highest BCUT2D eigenvalue weighted by atomic mass is 16.2. The molecule has 1 aliphatic carbocycles. The minimum absolute atomic E-state index is 0.0248. The lowest BCUT2D eigenvalue weighted by Crippen LogP contribution is -2.47. The molecule has 1 amide bonds. The first kappa shape index (κ1) is 14.5. The number of hydrogen-bond donors (Lipinski definition) is 2. The molecule has 0 aliphatic heterocycles. The summed E-state index contributed by atoms with van der Waals surface area (Å²) < 4.78 is 0. The van der Waals surface area contributed by atoms with E-state index in [2.05, 4.69) is 26.1 Å². The molecule has 0 radical (unpaired) electrons. The van der Waals surface area contributed by atoms with E-state index < -0.39 is 0 Å². The zero-order valence-corrected chi connectivity index (χ0v) is 11.5. The third kappa shape index (κ3) is 5.07. The summed E-state index contributed by atoms with van der Waals surface area (Å²) in [7, 11) is 0. The Kier molecular flexibility index (Phi) is 5.96. The maximum absolute atomic E-state index is 11.9. The van der Waals surface area contributed by atoms with Crippen molar-refractivity contribution in [1.29, 1.82) is 0 Å². The minimum Gasteiger partial charge on any atom is -0.352 e. The molecule has 0 aromatic carbocycles. The Balaban J connectivity index is 2.33. The van der Waals surface area contributed by atoms with Crippen molar-refractivity contribution in [2.75, 3.05) is 0 Å². The number of nitrogens with one attached hydrogen (secondary N) is 1. The Hall–Kier alpha value is -0.570. The van der Waals surface area contributed by atoms with Crippen molar-refractivity contribution in [1.82, 2.24) is 5.32 Å². The van der Waals surface area contributed by atoms with Crippen LogP contribution in [0.2, 0.25) is 0 Å². The number of hydrogen-bond acceptors (Lipinski definition) is 2. The van der Waals surface area contributed by atoms with Crippen molar-refractivity contribution in [3.05, 3.63) is 0 Å². The summed E-state index contributed by atoms with van der Waals surface area (Å²) >= 11 is 0. The highest BCUT2D eigenvalue weighted by Gasteiger charge is 2.23. The Morgan fingerprint density at radius 3 is 2.35 bits per heavy atom. The lowest BCUT2D eigenvalue weighted by Gasteiger charge is -2.29. The van der Waals surface area contributed by atoms with Gasteiger partial charge in [-0.25, -0.2) is 0 Å². The Labute approximate surface area is 106 Å². The van der Waals surface area contributed by atoms with Gasteiger partial charge in [0.25, 0.3) is 0 Å². The van der Waals surface area contributed by atoms with Crippen molar-refractivity contribution in [2.45, 2.75) is 71.4 Å². The molecule has 0 heterocycles. The molecule has 0 aromatic heterocycles. The van der Waals surface area contributed by atoms with Crippen LogP contribution in [0, 0.1) is 11.8 Å². The third-order valence-electron chi connectivity index (χ3n) is 3.79. The molecule has 0 aromatic rings. The highest BCUT2D eigenvalue weighted by Crippen LogP contribution is 2.26. The number of carbonyl (C=O) groups is 1. The van der Waals surface area contributed by atoms with Gasteiger partial charge in [0.1, 0.15) is 0 Å². The van der Waals surface area contributed by atoms with Crippen LogP contribution in [0.1, 0.15) is 59.3 Å². The molecule has 2 atom stereocenters. The van der Waals surface area contributed by atoms with E-state index in [4.69, 9.17) is 5.73 Å². The highest BCUT2D eigenvalue weighted by molar-refractivity contribution is 5.81. The second kappa shape index (κ2) is 7.00. The quantitative estimate of drug-likeness (QED) is 0.775. The molecule has 100 valence electrons. The summed E-state index contributed by atoms with van der Waals surface area (Å²) in [4.78, 5) is 11.9. The van der Waals surface area contributed by atoms with Gasteiger partial charge in [0.15, 0.2) is 0 Å². The average molecular weight is 240 g/mol. The Morgan fingerprint density at radius 2 is 1.82 bits per heavy atom. The molecule has 1 fully saturated rings. The van der Waals surface area contributed by atoms with Crippen LogP contribution < -0.4 is 11.1 Å². The van der Waals surface area contributed by atoms with E-state index in [0.717, 1.165) is 6.42 Å². The van der Waals surface area contributed by atoms with Gasteiger partial charge in [0.05, 0.1) is 6.04 Å². The van der Waals surface area contributed by atoms with Crippen LogP contribution in [-0.4, -0.2) is 18.0 Å². The minimum atomic E-state index is -0.346. The van der Waals surface area contributed by atoms with Gasteiger partial charge >= 0.3 is 0 Å². The van der Waals surface area contributed by atoms with Crippen molar-refractivity contribution in [3.8, 4) is 0 Å². The predicted molar refractivity (Wildman–Crippen MR) is 71.6 cm³/mol. The van der Waals surface area contributed by atoms with Gasteiger partial charge in [-0.3, -0.25) is 4.79 Å². The molecule has 1 saturated carbocycles. The second-order valence-corrected chi connectivity index (χ2v) is 5.93. The molecule has 0 unspecified atom stereocenters. The molecular weight excluding hydrogens is 212 g/mol. The Morgan fingerprint density at radius 1 is 1.24 bits per heavy atom. The normalized spacial score (nSPS) is 21.2. The van der Waals surface area contributed by atoms with Crippen LogP contribution in [0.3, 0.4) is 0 Å². The van der Waals surface area contributed by atoms with E-state index in [-0.39, 0.29) is 18.0 Å². The molecule has 17 heavy (non-hydrogen) atoms. The summed E-state index contributed by atoms with van der Waals surface area (Å²) in [6.45, 7) is 6.31. The van der Waals surface area contributed by atoms with Crippen molar-refractivity contribution in [3.63, 3.8) is 0 Å². The zero-order chi connectivity index (χ0) is 12.8. The number of nitrogens with two attached hydrogens (primary N) is 1. The van der Waals surface area contributed by atoms with E-state index in [0.29, 0.717) is 11.8 Å². The molecule has 0 saturated heterocycles. The van der Waals surface area contributed by atoms with Crippen LogP contribution >= 0.6 is 0 Å². The molecule has 0 spiro atoms. The molecule has 1 aliphatic rings. The monoisotopic (exact) mass is 240 g/mol. The van der Waals surface area contributed by atoms with Gasteiger partial charge in [-0.05, 0) is 38.0 Å². The van der Waals surface area contributed by atoms with Gasteiger partial charge in [0.2, 0.25) is 5.91 Å². The summed E-state index contributed by atoms with van der Waals surface area (Å²) in [6, 6.07) is -0.0675. The van der Waals surface area contributed by atoms with Gasteiger partial charge < -0.3 is 11.1 Å². The topological polar surface area (TPSA) is 55.1 Å². The van der Waals surface area contributed by atoms with Crippen LogP contribution in [0.25, 0.3) is 0 Å². The third-order valence-corrected chi connectivity index (χ3v) is 3.79. The number of carbonyl (C=O) groups excluding carboxylic acids is 1. The van der Waals surface area contributed by atoms with Crippen molar-refractivity contribution >= 4 is 5.91 Å². The average Bonchev–Trinajstić information content (AvgIpc) is 2.29. The first-order valence-corrected chi connectivity index (χ1v) is 7.06. The lowest BCUT2D eigenvalue weighted by atomic mass is 9.84. The number of amides is 1. The summed E-state index contributed by atoms with van der Waals surface area (Å²) in [5.74, 6) is 1.15. The van der Waals surface area contributed by atoms with E-state index in [1.807, 2.05) is 0 Å². The summed E-state index contributed by atoms with van der Waals surface area (Å²) in [5.41, 5.74) is 5.88. The largest absolute Gasteiger partial charge is 0.352 e. The summed E-state index contributed by atoms with van der Waals surface area (Å²) in [5, 5.41) is 3.09. The van der Waals surface area contributed by atoms with E-state index >= 15 is 0 Å². The van der Waals surface area contributed by atoms with E-state index in [9.17, 15) is 4.79 Å². The van der Waals surface area contributed by atoms with E-state index in [1.165, 1.54) is 32.1 Å². The van der Waals surface area contributed by atoms with Gasteiger partial charge in [-0.2, -0.15) is 0 Å². The zero-order valence-electron chi connectivity index (χ0n) is 11.5. The van der Waals surface area contributed by atoms with Crippen molar-refractivity contribution < 1.29 is 4.79 Å². The maximum atomic E-state index is 11.9. The smallest absolute Gasteiger partial charge is 0.237 e. The van der Waals surface area contributed by atoms with Crippen LogP contribution in [-0.2, 0) is 4.79 Å². The van der Waals surface area contributed by atoms with Gasteiger partial charge in [-0.1, -0.05) is 33.1 Å². The van der Waals surface area contributed by atoms with Crippen LogP contribution in [0.4, 0.5) is 0 Å². The standard InChI is InChI=1S/C14H28N2O/c1-10(2)9-13(15)14(17)16-11(3)12-7-5-4-6-8-12/h10-13H,4-9,15H2,1-3H3,(H,16,17)/t11-,13-/m1/s1. The fourth-order valence-corrected chi connectivity index (χ4v) is 2.70. The fraction of sp³-hybridized carbons (Fsp3) is 0.929. The molecular formula is C14H28N2O. The molecule has 1 rings (SSSR count). The van der Waals surface area contributed by atoms with Crippen LogP contribution in [0.15, 0.2) is 0 Å². The Bertz CT molecular complexity index is 234. The molecule has 3 nitrogen and oxygen atoms in total. The SMILES string of the molecule is CC(C)C[C@@H](N)C(=O)N[C@H](C)C1CCCCC1. The molecule has 3 heteroatoms.